The number of rotatable bonds is 4. The van der Waals surface area contributed by atoms with Gasteiger partial charge < -0.3 is 4.90 Å². The number of carbonyl (C=O) groups is 1. The summed E-state index contributed by atoms with van der Waals surface area (Å²) < 4.78 is 13.1. The van der Waals surface area contributed by atoms with Crippen molar-refractivity contribution in [2.75, 3.05) is 7.05 Å². The summed E-state index contributed by atoms with van der Waals surface area (Å²) in [5.74, 6) is -0.294. The molecule has 0 saturated heterocycles. The Kier molecular flexibility index (Phi) is 4.95. The zero-order valence-electron chi connectivity index (χ0n) is 14.4. The van der Waals surface area contributed by atoms with Crippen molar-refractivity contribution in [1.82, 2.24) is 9.88 Å². The van der Waals surface area contributed by atoms with Crippen LogP contribution in [0.5, 0.6) is 0 Å². The monoisotopic (exact) mass is 354 g/mol. The van der Waals surface area contributed by atoms with Crippen molar-refractivity contribution in [1.29, 1.82) is 0 Å². The van der Waals surface area contributed by atoms with E-state index in [0.29, 0.717) is 4.88 Å². The third-order valence-corrected chi connectivity index (χ3v) is 5.58. The molecule has 1 aromatic carbocycles. The molecular formula is C20H19FN2OS. The number of hydrogen-bond donors (Lipinski definition) is 0. The molecule has 5 heteroatoms. The molecule has 1 unspecified atom stereocenters. The number of thiophene rings is 1. The third kappa shape index (κ3) is 3.61. The Labute approximate surface area is 150 Å². The number of pyridine rings is 1. The van der Waals surface area contributed by atoms with Gasteiger partial charge in [-0.1, -0.05) is 18.2 Å². The van der Waals surface area contributed by atoms with Crippen LogP contribution in [0.2, 0.25) is 0 Å². The zero-order chi connectivity index (χ0) is 18.0. The highest BCUT2D eigenvalue weighted by Crippen LogP contribution is 2.34. The summed E-state index contributed by atoms with van der Waals surface area (Å²) in [6, 6.07) is 12.0. The molecule has 0 saturated carbocycles. The summed E-state index contributed by atoms with van der Waals surface area (Å²) in [4.78, 5) is 20.4. The van der Waals surface area contributed by atoms with Crippen molar-refractivity contribution < 1.29 is 9.18 Å². The average Bonchev–Trinajstić information content (AvgIpc) is 3.03. The van der Waals surface area contributed by atoms with Crippen LogP contribution >= 0.6 is 11.3 Å². The second-order valence-corrected chi connectivity index (χ2v) is 7.06. The summed E-state index contributed by atoms with van der Waals surface area (Å²) in [5.41, 5.74) is 2.93. The van der Waals surface area contributed by atoms with E-state index in [-0.39, 0.29) is 17.8 Å². The molecular weight excluding hydrogens is 335 g/mol. The quantitative estimate of drug-likeness (QED) is 0.654. The van der Waals surface area contributed by atoms with Crippen LogP contribution in [0.3, 0.4) is 0 Å². The predicted molar refractivity (Wildman–Crippen MR) is 99.2 cm³/mol. The predicted octanol–water partition coefficient (Wildman–Crippen LogP) is 5.09. The number of benzene rings is 1. The highest BCUT2D eigenvalue weighted by Gasteiger charge is 2.22. The van der Waals surface area contributed by atoms with E-state index < -0.39 is 0 Å². The minimum Gasteiger partial charge on any atom is -0.334 e. The van der Waals surface area contributed by atoms with Crippen LogP contribution in [0.4, 0.5) is 4.39 Å². The van der Waals surface area contributed by atoms with Gasteiger partial charge in [-0.25, -0.2) is 4.39 Å². The number of aromatic nitrogens is 1. The summed E-state index contributed by atoms with van der Waals surface area (Å²) >= 11 is 1.44. The first-order valence-electron chi connectivity index (χ1n) is 8.01. The molecule has 3 rings (SSSR count). The first-order chi connectivity index (χ1) is 12.0. The van der Waals surface area contributed by atoms with Gasteiger partial charge in [0.15, 0.2) is 0 Å². The smallest absolute Gasteiger partial charge is 0.264 e. The van der Waals surface area contributed by atoms with Crippen molar-refractivity contribution in [2.24, 2.45) is 0 Å². The largest absolute Gasteiger partial charge is 0.334 e. The van der Waals surface area contributed by atoms with Crippen molar-refractivity contribution in [2.45, 2.75) is 19.9 Å². The fraction of sp³-hybridized carbons (Fsp3) is 0.200. The minimum atomic E-state index is -0.265. The second-order valence-electron chi connectivity index (χ2n) is 6.01. The lowest BCUT2D eigenvalue weighted by Crippen LogP contribution is -2.29. The maximum Gasteiger partial charge on any atom is 0.264 e. The van der Waals surface area contributed by atoms with Crippen molar-refractivity contribution in [3.05, 3.63) is 76.7 Å². The molecule has 0 radical (unpaired) electrons. The molecule has 0 bridgehead atoms. The lowest BCUT2D eigenvalue weighted by molar-refractivity contribution is 0.0747. The highest BCUT2D eigenvalue weighted by molar-refractivity contribution is 7.17. The van der Waals surface area contributed by atoms with E-state index in [1.807, 2.05) is 32.0 Å². The highest BCUT2D eigenvalue weighted by atomic mass is 32.1. The summed E-state index contributed by atoms with van der Waals surface area (Å²) in [7, 11) is 1.80. The second kappa shape index (κ2) is 7.15. The Morgan fingerprint density at radius 3 is 2.60 bits per heavy atom. The van der Waals surface area contributed by atoms with E-state index in [1.165, 1.54) is 23.5 Å². The summed E-state index contributed by atoms with van der Waals surface area (Å²) in [5, 5.41) is 0. The minimum absolute atomic E-state index is 0.0298. The average molecular weight is 354 g/mol. The maximum atomic E-state index is 13.1. The lowest BCUT2D eigenvalue weighted by Gasteiger charge is -2.24. The van der Waals surface area contributed by atoms with Crippen LogP contribution in [-0.4, -0.2) is 22.8 Å². The molecule has 0 aliphatic heterocycles. The maximum absolute atomic E-state index is 13.1. The Balaban J connectivity index is 1.85. The Hall–Kier alpha value is -2.53. The van der Waals surface area contributed by atoms with E-state index in [9.17, 15) is 9.18 Å². The zero-order valence-corrected chi connectivity index (χ0v) is 15.2. The lowest BCUT2D eigenvalue weighted by atomic mass is 10.1. The van der Waals surface area contributed by atoms with Gasteiger partial charge in [0.1, 0.15) is 5.82 Å². The van der Waals surface area contributed by atoms with E-state index in [4.69, 9.17) is 0 Å². The van der Waals surface area contributed by atoms with Crippen LogP contribution in [0.1, 0.15) is 33.8 Å². The molecule has 128 valence electrons. The Bertz CT molecular complexity index is 874. The fourth-order valence-electron chi connectivity index (χ4n) is 2.67. The van der Waals surface area contributed by atoms with E-state index in [0.717, 1.165) is 21.6 Å². The van der Waals surface area contributed by atoms with Crippen LogP contribution in [0, 0.1) is 12.7 Å². The van der Waals surface area contributed by atoms with Crippen molar-refractivity contribution >= 4 is 17.2 Å². The van der Waals surface area contributed by atoms with Crippen molar-refractivity contribution in [3.8, 4) is 10.4 Å². The van der Waals surface area contributed by atoms with Gasteiger partial charge in [-0.15, -0.1) is 11.3 Å². The molecule has 0 spiro atoms. The molecule has 0 fully saturated rings. The first kappa shape index (κ1) is 17.3. The van der Waals surface area contributed by atoms with Crippen LogP contribution < -0.4 is 0 Å². The first-order valence-corrected chi connectivity index (χ1v) is 8.82. The Morgan fingerprint density at radius 1 is 1.24 bits per heavy atom. The number of amides is 1. The van der Waals surface area contributed by atoms with Gasteiger partial charge in [0.05, 0.1) is 10.9 Å². The Morgan fingerprint density at radius 2 is 1.96 bits per heavy atom. The van der Waals surface area contributed by atoms with Crippen molar-refractivity contribution in [3.63, 3.8) is 0 Å². The van der Waals surface area contributed by atoms with Gasteiger partial charge >= 0.3 is 0 Å². The SMILES string of the molecule is Cc1cc(C(=O)N(C)C(C)c2cccnc2)sc1-c1ccc(F)cc1. The van der Waals surface area contributed by atoms with E-state index >= 15 is 0 Å². The van der Waals surface area contributed by atoms with Gasteiger partial charge in [-0.2, -0.15) is 0 Å². The molecule has 1 amide bonds. The molecule has 0 aliphatic carbocycles. The van der Waals surface area contributed by atoms with Gasteiger partial charge in [0.2, 0.25) is 0 Å². The van der Waals surface area contributed by atoms with E-state index in [2.05, 4.69) is 4.98 Å². The van der Waals surface area contributed by atoms with Gasteiger partial charge in [0, 0.05) is 24.3 Å². The molecule has 0 aliphatic rings. The van der Waals surface area contributed by atoms with Gasteiger partial charge in [-0.3, -0.25) is 9.78 Å². The number of nitrogens with zero attached hydrogens (tertiary/aromatic N) is 2. The fourth-order valence-corrected chi connectivity index (χ4v) is 3.83. The summed E-state index contributed by atoms with van der Waals surface area (Å²) in [6.07, 6.45) is 3.49. The third-order valence-electron chi connectivity index (χ3n) is 4.30. The molecule has 1 atom stereocenters. The van der Waals surface area contributed by atoms with Gasteiger partial charge in [0.25, 0.3) is 5.91 Å². The molecule has 25 heavy (non-hydrogen) atoms. The normalized spacial score (nSPS) is 12.0. The number of halogens is 1. The van der Waals surface area contributed by atoms with Crippen LogP contribution in [-0.2, 0) is 0 Å². The molecule has 0 N–H and O–H groups in total. The number of carbonyl (C=O) groups excluding carboxylic acids is 1. The number of aryl methyl sites for hydroxylation is 1. The molecule has 3 nitrogen and oxygen atoms in total. The number of hydrogen-bond acceptors (Lipinski definition) is 3. The molecule has 2 heterocycles. The van der Waals surface area contributed by atoms with Crippen LogP contribution in [0.15, 0.2) is 54.9 Å². The topological polar surface area (TPSA) is 33.2 Å². The standard InChI is InChI=1S/C20H19FN2OS/c1-13-11-18(25-19(13)15-6-8-17(21)9-7-15)20(24)23(3)14(2)16-5-4-10-22-12-16/h4-12,14H,1-3H3. The van der Waals surface area contributed by atoms with Gasteiger partial charge in [-0.05, 0) is 54.8 Å². The molecule has 3 aromatic rings. The molecule has 2 aromatic heterocycles. The van der Waals surface area contributed by atoms with Crippen LogP contribution in [0.25, 0.3) is 10.4 Å². The summed E-state index contributed by atoms with van der Waals surface area (Å²) in [6.45, 7) is 3.95. The van der Waals surface area contributed by atoms with E-state index in [1.54, 1.807) is 36.5 Å².